The Kier molecular flexibility index (Phi) is 8.17. The second kappa shape index (κ2) is 13.3. The molecule has 0 amide bonds. The molecule has 3 nitrogen and oxygen atoms in total. The zero-order valence-corrected chi connectivity index (χ0v) is 34.0. The Labute approximate surface area is 335 Å². The van der Waals surface area contributed by atoms with Gasteiger partial charge >= 0.3 is 0 Å². The smallest absolute Gasteiger partial charge is 0.164 e. The van der Waals surface area contributed by atoms with Gasteiger partial charge in [-0.1, -0.05) is 190 Å². The average molecular weight is 750 g/mol. The first-order chi connectivity index (χ1) is 27.6. The molecule has 1 aromatic heterocycles. The standard InChI is InChI=1S/C53H43N3Si/c1-53(2)47-29-26-38(41-28-30-49(57(3,4)5)44-23-12-11-22-42(41)44)32-46(47)43-27-25-37(33-48(43)53)36-19-13-20-39(31-36)51-54-50(35-16-7-6-8-17-35)55-52(56-51)45-24-14-18-34-15-9-10-21-40(34)45/h6-33H,1-5H3. The van der Waals surface area contributed by atoms with Gasteiger partial charge in [0.05, 0.1) is 8.07 Å². The molecular weight excluding hydrogens is 707 g/mol. The lowest BCUT2D eigenvalue weighted by atomic mass is 9.81. The van der Waals surface area contributed by atoms with Gasteiger partial charge in [-0.15, -0.1) is 0 Å². The molecule has 0 unspecified atom stereocenters. The van der Waals surface area contributed by atoms with Crippen LogP contribution in [-0.4, -0.2) is 23.0 Å². The lowest BCUT2D eigenvalue weighted by molar-refractivity contribution is 0.660. The van der Waals surface area contributed by atoms with Crippen LogP contribution in [0.15, 0.2) is 170 Å². The number of benzene rings is 8. The van der Waals surface area contributed by atoms with Gasteiger partial charge in [-0.25, -0.2) is 15.0 Å². The molecule has 0 spiro atoms. The van der Waals surface area contributed by atoms with E-state index in [9.17, 15) is 0 Å². The van der Waals surface area contributed by atoms with Gasteiger partial charge in [0, 0.05) is 22.1 Å². The van der Waals surface area contributed by atoms with Gasteiger partial charge in [0.15, 0.2) is 17.5 Å². The fourth-order valence-electron chi connectivity index (χ4n) is 8.91. The molecule has 0 saturated heterocycles. The maximum atomic E-state index is 5.14. The van der Waals surface area contributed by atoms with Crippen LogP contribution in [0.2, 0.25) is 19.6 Å². The van der Waals surface area contributed by atoms with Crippen molar-refractivity contribution in [3.05, 3.63) is 181 Å². The van der Waals surface area contributed by atoms with Crippen molar-refractivity contribution in [3.8, 4) is 67.5 Å². The van der Waals surface area contributed by atoms with E-state index in [4.69, 9.17) is 15.0 Å². The molecular formula is C53H43N3Si. The van der Waals surface area contributed by atoms with Crippen molar-refractivity contribution in [2.45, 2.75) is 38.9 Å². The minimum absolute atomic E-state index is 0.146. The molecule has 274 valence electrons. The van der Waals surface area contributed by atoms with Gasteiger partial charge in [-0.2, -0.15) is 0 Å². The van der Waals surface area contributed by atoms with Crippen LogP contribution in [0, 0.1) is 0 Å². The first kappa shape index (κ1) is 35.0. The van der Waals surface area contributed by atoms with E-state index in [2.05, 4.69) is 185 Å². The second-order valence-electron chi connectivity index (χ2n) is 16.9. The Morgan fingerprint density at radius 3 is 1.77 bits per heavy atom. The highest BCUT2D eigenvalue weighted by atomic mass is 28.3. The van der Waals surface area contributed by atoms with Crippen LogP contribution in [0.4, 0.5) is 0 Å². The van der Waals surface area contributed by atoms with Gasteiger partial charge in [-0.3, -0.25) is 0 Å². The summed E-state index contributed by atoms with van der Waals surface area (Å²) in [5, 5.41) is 6.52. The highest BCUT2D eigenvalue weighted by Gasteiger charge is 2.36. The Bertz CT molecular complexity index is 3020. The molecule has 1 aliphatic carbocycles. The average Bonchev–Trinajstić information content (AvgIpc) is 3.47. The molecule has 9 aromatic rings. The van der Waals surface area contributed by atoms with Crippen LogP contribution in [0.5, 0.6) is 0 Å². The predicted octanol–water partition coefficient (Wildman–Crippen LogP) is 13.4. The molecule has 0 radical (unpaired) electrons. The van der Waals surface area contributed by atoms with Crippen molar-refractivity contribution < 1.29 is 0 Å². The molecule has 8 aromatic carbocycles. The fraction of sp³-hybridized carbons (Fsp3) is 0.113. The molecule has 0 fully saturated rings. The summed E-state index contributed by atoms with van der Waals surface area (Å²) >= 11 is 0. The summed E-state index contributed by atoms with van der Waals surface area (Å²) in [5.74, 6) is 1.98. The summed E-state index contributed by atoms with van der Waals surface area (Å²) in [5.41, 5.74) is 13.0. The zero-order chi connectivity index (χ0) is 38.9. The SMILES string of the molecule is CC1(C)c2ccc(-c3ccc([Si](C)(C)C)c4ccccc34)cc2-c2ccc(-c3cccc(-c4nc(-c5ccccc5)nc(-c5cccc6ccccc56)n4)c3)cc21. The van der Waals surface area contributed by atoms with Crippen molar-refractivity contribution in [1.29, 1.82) is 0 Å². The number of aromatic nitrogens is 3. The molecule has 4 heteroatoms. The third kappa shape index (κ3) is 6.00. The maximum absolute atomic E-state index is 5.14. The number of hydrogen-bond acceptors (Lipinski definition) is 3. The molecule has 0 atom stereocenters. The first-order valence-corrected chi connectivity index (χ1v) is 23.4. The molecule has 57 heavy (non-hydrogen) atoms. The number of nitrogens with zero attached hydrogens (tertiary/aromatic N) is 3. The number of fused-ring (bicyclic) bond motifs is 5. The summed E-state index contributed by atoms with van der Waals surface area (Å²) in [4.78, 5) is 15.2. The lowest BCUT2D eigenvalue weighted by Gasteiger charge is -2.23. The maximum Gasteiger partial charge on any atom is 0.164 e. The van der Waals surface area contributed by atoms with Gasteiger partial charge in [0.25, 0.3) is 0 Å². The topological polar surface area (TPSA) is 38.7 Å². The second-order valence-corrected chi connectivity index (χ2v) is 21.9. The lowest BCUT2D eigenvalue weighted by Crippen LogP contribution is -2.38. The molecule has 0 aliphatic heterocycles. The highest BCUT2D eigenvalue weighted by molar-refractivity contribution is 6.90. The van der Waals surface area contributed by atoms with E-state index in [1.807, 2.05) is 18.2 Å². The van der Waals surface area contributed by atoms with Crippen molar-refractivity contribution in [3.63, 3.8) is 0 Å². The van der Waals surface area contributed by atoms with Crippen LogP contribution in [0.25, 0.3) is 89.1 Å². The predicted molar refractivity (Wildman–Crippen MR) is 243 cm³/mol. The van der Waals surface area contributed by atoms with E-state index in [1.165, 1.54) is 54.9 Å². The number of rotatable bonds is 6. The van der Waals surface area contributed by atoms with E-state index >= 15 is 0 Å². The fourth-order valence-corrected chi connectivity index (χ4v) is 10.5. The van der Waals surface area contributed by atoms with Gasteiger partial charge in [0.2, 0.25) is 0 Å². The van der Waals surface area contributed by atoms with Crippen molar-refractivity contribution in [2.75, 3.05) is 0 Å². The Morgan fingerprint density at radius 2 is 0.965 bits per heavy atom. The van der Waals surface area contributed by atoms with Gasteiger partial charge < -0.3 is 0 Å². The largest absolute Gasteiger partial charge is 0.208 e. The van der Waals surface area contributed by atoms with E-state index in [-0.39, 0.29) is 5.41 Å². The van der Waals surface area contributed by atoms with Crippen LogP contribution >= 0.6 is 0 Å². The Morgan fingerprint density at radius 1 is 0.368 bits per heavy atom. The summed E-state index contributed by atoms with van der Waals surface area (Å²) in [6, 6.07) is 61.4. The van der Waals surface area contributed by atoms with Gasteiger partial charge in [-0.05, 0) is 84.3 Å². The quantitative estimate of drug-likeness (QED) is 0.159. The molecule has 10 rings (SSSR count). The monoisotopic (exact) mass is 749 g/mol. The Hall–Kier alpha value is -6.49. The summed E-state index contributed by atoms with van der Waals surface area (Å²) in [7, 11) is -1.51. The summed E-state index contributed by atoms with van der Waals surface area (Å²) < 4.78 is 0. The summed E-state index contributed by atoms with van der Waals surface area (Å²) in [6.07, 6.45) is 0. The van der Waals surface area contributed by atoms with Crippen LogP contribution in [0.3, 0.4) is 0 Å². The first-order valence-electron chi connectivity index (χ1n) is 19.9. The van der Waals surface area contributed by atoms with Crippen LogP contribution < -0.4 is 5.19 Å². The van der Waals surface area contributed by atoms with E-state index < -0.39 is 8.07 Å². The third-order valence-corrected chi connectivity index (χ3v) is 13.9. The zero-order valence-electron chi connectivity index (χ0n) is 33.0. The molecule has 0 N–H and O–H groups in total. The van der Waals surface area contributed by atoms with Gasteiger partial charge in [0.1, 0.15) is 0 Å². The molecule has 1 heterocycles. The third-order valence-electron chi connectivity index (χ3n) is 11.9. The van der Waals surface area contributed by atoms with Crippen molar-refractivity contribution in [1.82, 2.24) is 15.0 Å². The van der Waals surface area contributed by atoms with E-state index in [0.29, 0.717) is 17.5 Å². The molecule has 1 aliphatic rings. The number of hydrogen-bond donors (Lipinski definition) is 0. The van der Waals surface area contributed by atoms with Crippen molar-refractivity contribution in [2.24, 2.45) is 0 Å². The van der Waals surface area contributed by atoms with Crippen LogP contribution in [-0.2, 0) is 5.41 Å². The van der Waals surface area contributed by atoms with E-state index in [1.54, 1.807) is 0 Å². The molecule has 0 saturated carbocycles. The normalized spacial score (nSPS) is 13.1. The van der Waals surface area contributed by atoms with Crippen molar-refractivity contribution >= 4 is 34.8 Å². The Balaban J connectivity index is 1.05. The van der Waals surface area contributed by atoms with E-state index in [0.717, 1.165) is 33.0 Å². The highest BCUT2D eigenvalue weighted by Crippen LogP contribution is 2.51. The van der Waals surface area contributed by atoms with Crippen LogP contribution in [0.1, 0.15) is 25.0 Å². The summed E-state index contributed by atoms with van der Waals surface area (Å²) in [6.45, 7) is 12.0. The molecule has 0 bridgehead atoms. The minimum Gasteiger partial charge on any atom is -0.208 e. The minimum atomic E-state index is -1.51.